The molecule has 0 bridgehead atoms. The summed E-state index contributed by atoms with van der Waals surface area (Å²) in [6.07, 6.45) is 0.959. The predicted octanol–water partition coefficient (Wildman–Crippen LogP) is 1.29. The van der Waals surface area contributed by atoms with Gasteiger partial charge in [0.15, 0.2) is 11.5 Å². The van der Waals surface area contributed by atoms with Gasteiger partial charge in [0.1, 0.15) is 6.04 Å². The fraction of sp³-hybridized carbons (Fsp3) is 0.579. The number of rotatable bonds is 2. The van der Waals surface area contributed by atoms with E-state index in [1.54, 1.807) is 7.11 Å². The van der Waals surface area contributed by atoms with Gasteiger partial charge in [-0.15, -0.1) is 0 Å². The van der Waals surface area contributed by atoms with Gasteiger partial charge in [-0.1, -0.05) is 11.8 Å². The molecule has 4 rings (SSSR count). The molecule has 0 aliphatic carbocycles. The molecule has 1 fully saturated rings. The number of hydrogen-bond donors (Lipinski definition) is 0. The van der Waals surface area contributed by atoms with Crippen molar-refractivity contribution in [3.63, 3.8) is 0 Å². The van der Waals surface area contributed by atoms with E-state index in [4.69, 9.17) is 18.9 Å². The van der Waals surface area contributed by atoms with Crippen LogP contribution in [0.1, 0.15) is 17.2 Å². The van der Waals surface area contributed by atoms with Crippen LogP contribution in [0, 0.1) is 11.8 Å². The third-order valence-electron chi connectivity index (χ3n) is 5.04. The number of fused-ring (bicyclic) bond motifs is 2. The Bertz CT molecular complexity index is 704. The van der Waals surface area contributed by atoms with Crippen molar-refractivity contribution in [2.45, 2.75) is 12.5 Å². The number of morpholine rings is 1. The third kappa shape index (κ3) is 3.15. The summed E-state index contributed by atoms with van der Waals surface area (Å²) in [5.74, 6) is 9.07. The second-order valence-electron chi connectivity index (χ2n) is 6.56. The number of benzene rings is 1. The van der Waals surface area contributed by atoms with Gasteiger partial charge in [-0.25, -0.2) is 0 Å². The molecule has 1 saturated heterocycles. The summed E-state index contributed by atoms with van der Waals surface area (Å²) in [5, 5.41) is 0. The molecule has 0 spiro atoms. The highest BCUT2D eigenvalue weighted by molar-refractivity contribution is 5.62. The lowest BCUT2D eigenvalue weighted by Gasteiger charge is -2.32. The maximum absolute atomic E-state index is 5.70. The van der Waals surface area contributed by atoms with Crippen LogP contribution in [-0.2, 0) is 11.2 Å². The van der Waals surface area contributed by atoms with E-state index in [9.17, 15) is 0 Å². The Hall–Kier alpha value is -1.94. The van der Waals surface area contributed by atoms with Crippen LogP contribution in [0.4, 0.5) is 0 Å². The lowest BCUT2D eigenvalue weighted by Crippen LogP contribution is -2.36. The minimum absolute atomic E-state index is 0.00856. The van der Waals surface area contributed by atoms with Crippen LogP contribution < -0.4 is 14.2 Å². The molecule has 0 radical (unpaired) electrons. The van der Waals surface area contributed by atoms with Gasteiger partial charge in [-0.05, 0) is 25.1 Å². The van der Waals surface area contributed by atoms with Crippen molar-refractivity contribution >= 4 is 0 Å². The summed E-state index contributed by atoms with van der Waals surface area (Å²) in [5.41, 5.74) is 2.36. The van der Waals surface area contributed by atoms with Gasteiger partial charge >= 0.3 is 0 Å². The van der Waals surface area contributed by atoms with Gasteiger partial charge < -0.3 is 18.9 Å². The first-order valence-electron chi connectivity index (χ1n) is 8.76. The van der Waals surface area contributed by atoms with Crippen molar-refractivity contribution in [3.05, 3.63) is 17.2 Å². The van der Waals surface area contributed by atoms with Crippen LogP contribution in [0.15, 0.2) is 6.07 Å². The lowest BCUT2D eigenvalue weighted by molar-refractivity contribution is 0.0443. The predicted molar refractivity (Wildman–Crippen MR) is 93.2 cm³/mol. The largest absolute Gasteiger partial charge is 0.492 e. The van der Waals surface area contributed by atoms with Gasteiger partial charge in [0.25, 0.3) is 0 Å². The molecule has 6 nitrogen and oxygen atoms in total. The standard InChI is InChI=1S/C19H24N2O4/c1-20-7-5-14-12-16-18(25-13-24-16)19(22-2)17(14)15(20)4-3-6-21-8-10-23-11-9-21/h12,15H,5-11,13H2,1-2H3/t15-/m0/s1. The van der Waals surface area contributed by atoms with Gasteiger partial charge in [0, 0.05) is 25.2 Å². The molecule has 0 aromatic heterocycles. The molecular formula is C19H24N2O4. The summed E-state index contributed by atoms with van der Waals surface area (Å²) in [4.78, 5) is 4.61. The van der Waals surface area contributed by atoms with Crippen molar-refractivity contribution in [2.75, 3.05) is 60.3 Å². The van der Waals surface area contributed by atoms with E-state index < -0.39 is 0 Å². The molecule has 0 amide bonds. The van der Waals surface area contributed by atoms with E-state index in [-0.39, 0.29) is 12.8 Å². The molecule has 0 unspecified atom stereocenters. The molecule has 134 valence electrons. The van der Waals surface area contributed by atoms with Gasteiger partial charge in [0.2, 0.25) is 12.5 Å². The van der Waals surface area contributed by atoms with Gasteiger partial charge in [-0.2, -0.15) is 0 Å². The smallest absolute Gasteiger partial charge is 0.231 e. The highest BCUT2D eigenvalue weighted by Crippen LogP contribution is 2.49. The lowest BCUT2D eigenvalue weighted by atomic mass is 9.91. The van der Waals surface area contributed by atoms with Crippen LogP contribution in [0.5, 0.6) is 17.2 Å². The molecule has 3 aliphatic rings. The van der Waals surface area contributed by atoms with Crippen molar-refractivity contribution in [1.29, 1.82) is 0 Å². The number of likely N-dealkylation sites (N-methyl/N-ethyl adjacent to an activating group) is 1. The van der Waals surface area contributed by atoms with Crippen molar-refractivity contribution in [1.82, 2.24) is 9.80 Å². The molecular weight excluding hydrogens is 320 g/mol. The van der Waals surface area contributed by atoms with E-state index in [1.165, 1.54) is 5.56 Å². The van der Waals surface area contributed by atoms with E-state index in [0.29, 0.717) is 5.75 Å². The Kier molecular flexibility index (Phi) is 4.71. The molecule has 6 heteroatoms. The summed E-state index contributed by atoms with van der Waals surface area (Å²) in [6, 6.07) is 2.10. The second kappa shape index (κ2) is 7.12. The van der Waals surface area contributed by atoms with E-state index in [0.717, 1.165) is 62.9 Å². The average molecular weight is 344 g/mol. The zero-order chi connectivity index (χ0) is 17.2. The number of nitrogens with zero attached hydrogens (tertiary/aromatic N) is 2. The average Bonchev–Trinajstić information content (AvgIpc) is 3.11. The van der Waals surface area contributed by atoms with Gasteiger partial charge in [0.05, 0.1) is 26.9 Å². The highest BCUT2D eigenvalue weighted by atomic mass is 16.7. The van der Waals surface area contributed by atoms with E-state index in [1.807, 2.05) is 0 Å². The molecule has 1 aromatic carbocycles. The van der Waals surface area contributed by atoms with Gasteiger partial charge in [-0.3, -0.25) is 9.80 Å². The third-order valence-corrected chi connectivity index (χ3v) is 5.04. The number of ether oxygens (including phenoxy) is 4. The first-order valence-corrected chi connectivity index (χ1v) is 8.76. The van der Waals surface area contributed by atoms with Crippen molar-refractivity contribution in [3.8, 4) is 29.1 Å². The Morgan fingerprint density at radius 2 is 2.08 bits per heavy atom. The summed E-state index contributed by atoms with van der Waals surface area (Å²) >= 11 is 0. The van der Waals surface area contributed by atoms with E-state index >= 15 is 0 Å². The molecule has 25 heavy (non-hydrogen) atoms. The van der Waals surface area contributed by atoms with Crippen molar-refractivity contribution < 1.29 is 18.9 Å². The first kappa shape index (κ1) is 16.5. The maximum atomic E-state index is 5.70. The monoisotopic (exact) mass is 344 g/mol. The fourth-order valence-electron chi connectivity index (χ4n) is 3.63. The van der Waals surface area contributed by atoms with Crippen LogP contribution in [-0.4, -0.2) is 70.1 Å². The Morgan fingerprint density at radius 3 is 2.88 bits per heavy atom. The maximum Gasteiger partial charge on any atom is 0.231 e. The minimum atomic E-state index is 0.00856. The molecule has 0 saturated carbocycles. The van der Waals surface area contributed by atoms with Crippen LogP contribution >= 0.6 is 0 Å². The Morgan fingerprint density at radius 1 is 1.24 bits per heavy atom. The van der Waals surface area contributed by atoms with Crippen molar-refractivity contribution in [2.24, 2.45) is 0 Å². The molecule has 1 atom stereocenters. The first-order chi connectivity index (χ1) is 12.3. The van der Waals surface area contributed by atoms with E-state index in [2.05, 4.69) is 34.8 Å². The molecule has 1 aromatic rings. The van der Waals surface area contributed by atoms with Crippen LogP contribution in [0.2, 0.25) is 0 Å². The summed E-state index contributed by atoms with van der Waals surface area (Å²) in [6.45, 7) is 5.48. The summed E-state index contributed by atoms with van der Waals surface area (Å²) < 4.78 is 22.3. The zero-order valence-electron chi connectivity index (χ0n) is 14.8. The molecule has 3 heterocycles. The topological polar surface area (TPSA) is 43.4 Å². The fourth-order valence-corrected chi connectivity index (χ4v) is 3.63. The van der Waals surface area contributed by atoms with Crippen LogP contribution in [0.3, 0.4) is 0 Å². The molecule has 0 N–H and O–H groups in total. The highest BCUT2D eigenvalue weighted by Gasteiger charge is 2.33. The molecule has 3 aliphatic heterocycles. The number of hydrogen-bond acceptors (Lipinski definition) is 6. The second-order valence-corrected chi connectivity index (χ2v) is 6.56. The Labute approximate surface area is 148 Å². The van der Waals surface area contributed by atoms with Crippen LogP contribution in [0.25, 0.3) is 0 Å². The number of methoxy groups -OCH3 is 1. The quantitative estimate of drug-likeness (QED) is 0.754. The normalized spacial score (nSPS) is 22.9. The Balaban J connectivity index is 1.63. The minimum Gasteiger partial charge on any atom is -0.492 e. The SMILES string of the molecule is COc1c2c(cc3c1[C@H](C#CCN1CCOCC1)N(C)CC3)OCO2. The summed E-state index contributed by atoms with van der Waals surface area (Å²) in [7, 11) is 3.80. The zero-order valence-corrected chi connectivity index (χ0v) is 14.8.